The third-order valence-electron chi connectivity index (χ3n) is 8.46. The lowest BCUT2D eigenvalue weighted by Gasteiger charge is -2.18. The van der Waals surface area contributed by atoms with Crippen molar-refractivity contribution in [3.05, 3.63) is 133 Å². The number of fused-ring (bicyclic) bond motifs is 6. The molecule has 0 saturated carbocycles. The van der Waals surface area contributed by atoms with Gasteiger partial charge in [-0.2, -0.15) is 0 Å². The van der Waals surface area contributed by atoms with Gasteiger partial charge < -0.3 is 0 Å². The van der Waals surface area contributed by atoms with Gasteiger partial charge in [-0.25, -0.2) is 0 Å². The zero-order chi connectivity index (χ0) is 28.2. The van der Waals surface area contributed by atoms with Gasteiger partial charge in [-0.05, 0) is 71.5 Å². The van der Waals surface area contributed by atoms with E-state index in [2.05, 4.69) is 104 Å². The Morgan fingerprint density at radius 2 is 0.833 bits per heavy atom. The molecule has 0 unspecified atom stereocenters. The Hall–Kier alpha value is -5.48. The molecule has 0 spiro atoms. The van der Waals surface area contributed by atoms with Gasteiger partial charge in [-0.15, -0.1) is 0 Å². The molecule has 0 radical (unpaired) electrons. The van der Waals surface area contributed by atoms with Gasteiger partial charge in [0.25, 0.3) is 0 Å². The number of pyridine rings is 4. The summed E-state index contributed by atoms with van der Waals surface area (Å²) >= 11 is 0. The lowest BCUT2D eigenvalue weighted by atomic mass is 9.87. The molecule has 4 nitrogen and oxygen atoms in total. The zero-order valence-corrected chi connectivity index (χ0v) is 23.3. The van der Waals surface area contributed by atoms with Crippen molar-refractivity contribution in [2.45, 2.75) is 13.8 Å². The lowest BCUT2D eigenvalue weighted by molar-refractivity contribution is 1.32. The van der Waals surface area contributed by atoms with Gasteiger partial charge >= 0.3 is 0 Å². The standard InChI is InChI=1S/C38H26N4/c1-23-24(2)31-19-27(21-41-37(31)35-29(23)15-9-17-39-35)28-20-32-34(26-13-7-4-8-14-26)33(25-11-5-3-6-12-25)30-16-10-18-40-36(30)38(32)42-22-28/h3-22H,1-2H3. The van der Waals surface area contributed by atoms with Crippen molar-refractivity contribution in [2.24, 2.45) is 0 Å². The van der Waals surface area contributed by atoms with Crippen LogP contribution >= 0.6 is 0 Å². The van der Waals surface area contributed by atoms with Crippen LogP contribution in [-0.2, 0) is 0 Å². The second-order valence-corrected chi connectivity index (χ2v) is 10.8. The fourth-order valence-corrected chi connectivity index (χ4v) is 6.27. The minimum atomic E-state index is 0.892. The minimum absolute atomic E-state index is 0.892. The highest BCUT2D eigenvalue weighted by Gasteiger charge is 2.20. The van der Waals surface area contributed by atoms with Gasteiger partial charge in [-0.1, -0.05) is 72.8 Å². The molecule has 8 aromatic rings. The molecule has 0 amide bonds. The van der Waals surface area contributed by atoms with Crippen LogP contribution in [-0.4, -0.2) is 19.9 Å². The number of nitrogens with zero attached hydrogens (tertiary/aromatic N) is 4. The molecule has 4 aromatic heterocycles. The van der Waals surface area contributed by atoms with Crippen molar-refractivity contribution >= 4 is 43.6 Å². The molecule has 4 aromatic carbocycles. The van der Waals surface area contributed by atoms with Gasteiger partial charge in [0.05, 0.1) is 22.1 Å². The predicted molar refractivity (Wildman–Crippen MR) is 173 cm³/mol. The Morgan fingerprint density at radius 1 is 0.381 bits per heavy atom. The summed E-state index contributed by atoms with van der Waals surface area (Å²) in [5.41, 5.74) is 12.8. The molecule has 198 valence electrons. The summed E-state index contributed by atoms with van der Waals surface area (Å²) in [6.07, 6.45) is 7.60. The van der Waals surface area contributed by atoms with Crippen molar-refractivity contribution in [3.63, 3.8) is 0 Å². The lowest BCUT2D eigenvalue weighted by Crippen LogP contribution is -1.96. The smallest absolute Gasteiger partial charge is 0.0971 e. The Bertz CT molecular complexity index is 2310. The molecular formula is C38H26N4. The summed E-state index contributed by atoms with van der Waals surface area (Å²) in [7, 11) is 0. The maximum Gasteiger partial charge on any atom is 0.0971 e. The quantitative estimate of drug-likeness (QED) is 0.210. The fourth-order valence-electron chi connectivity index (χ4n) is 6.27. The maximum atomic E-state index is 5.07. The van der Waals surface area contributed by atoms with Crippen LogP contribution in [0.3, 0.4) is 0 Å². The normalized spacial score (nSPS) is 11.6. The third-order valence-corrected chi connectivity index (χ3v) is 8.46. The van der Waals surface area contributed by atoms with Crippen molar-refractivity contribution in [3.8, 4) is 33.4 Å². The molecule has 4 heteroatoms. The van der Waals surface area contributed by atoms with Crippen molar-refractivity contribution in [1.82, 2.24) is 19.9 Å². The fraction of sp³-hybridized carbons (Fsp3) is 0.0526. The van der Waals surface area contributed by atoms with Crippen LogP contribution in [0.5, 0.6) is 0 Å². The van der Waals surface area contributed by atoms with Crippen molar-refractivity contribution < 1.29 is 0 Å². The van der Waals surface area contributed by atoms with E-state index in [-0.39, 0.29) is 0 Å². The summed E-state index contributed by atoms with van der Waals surface area (Å²) in [4.78, 5) is 19.6. The number of benzene rings is 4. The van der Waals surface area contributed by atoms with E-state index in [1.54, 1.807) is 0 Å². The number of aryl methyl sites for hydroxylation is 2. The Balaban J connectivity index is 1.46. The monoisotopic (exact) mass is 538 g/mol. The van der Waals surface area contributed by atoms with E-state index in [1.165, 1.54) is 11.1 Å². The van der Waals surface area contributed by atoms with Crippen LogP contribution < -0.4 is 0 Å². The van der Waals surface area contributed by atoms with Gasteiger partial charge in [0.2, 0.25) is 0 Å². The number of aromatic nitrogens is 4. The highest BCUT2D eigenvalue weighted by molar-refractivity contribution is 6.19. The summed E-state index contributed by atoms with van der Waals surface area (Å²) in [5.74, 6) is 0. The first-order valence-electron chi connectivity index (χ1n) is 14.1. The molecule has 0 aliphatic rings. The summed E-state index contributed by atoms with van der Waals surface area (Å²) in [6, 6.07) is 34.0. The maximum absolute atomic E-state index is 5.07. The summed E-state index contributed by atoms with van der Waals surface area (Å²) in [5, 5.41) is 4.42. The van der Waals surface area contributed by atoms with E-state index in [4.69, 9.17) is 15.0 Å². The van der Waals surface area contributed by atoms with Gasteiger partial charge in [0.15, 0.2) is 0 Å². The SMILES string of the molecule is Cc1c(C)c2cc(-c3cnc4c(c3)c(-c3ccccc3)c(-c3ccccc3)c3cccnc34)cnc2c2ncccc12. The van der Waals surface area contributed by atoms with Gasteiger partial charge in [-0.3, -0.25) is 19.9 Å². The van der Waals surface area contributed by atoms with E-state index in [9.17, 15) is 0 Å². The van der Waals surface area contributed by atoms with Crippen LogP contribution in [0.4, 0.5) is 0 Å². The molecule has 42 heavy (non-hydrogen) atoms. The largest absolute Gasteiger partial charge is 0.254 e. The first-order chi connectivity index (χ1) is 20.7. The van der Waals surface area contributed by atoms with Crippen molar-refractivity contribution in [1.29, 1.82) is 0 Å². The van der Waals surface area contributed by atoms with Crippen LogP contribution in [0.2, 0.25) is 0 Å². The van der Waals surface area contributed by atoms with E-state index in [0.717, 1.165) is 77.0 Å². The second kappa shape index (κ2) is 9.57. The highest BCUT2D eigenvalue weighted by atomic mass is 14.7. The number of rotatable bonds is 3. The molecule has 0 aliphatic heterocycles. The van der Waals surface area contributed by atoms with Crippen molar-refractivity contribution in [2.75, 3.05) is 0 Å². The average Bonchev–Trinajstić information content (AvgIpc) is 3.07. The molecule has 0 N–H and O–H groups in total. The second-order valence-electron chi connectivity index (χ2n) is 10.8. The average molecular weight is 539 g/mol. The summed E-state index contributed by atoms with van der Waals surface area (Å²) in [6.45, 7) is 4.34. The topological polar surface area (TPSA) is 51.6 Å². The minimum Gasteiger partial charge on any atom is -0.254 e. The first-order valence-corrected chi connectivity index (χ1v) is 14.1. The molecular weight excluding hydrogens is 512 g/mol. The van der Waals surface area contributed by atoms with E-state index < -0.39 is 0 Å². The Kier molecular flexibility index (Phi) is 5.54. The van der Waals surface area contributed by atoms with Gasteiger partial charge in [0, 0.05) is 57.5 Å². The van der Waals surface area contributed by atoms with Crippen LogP contribution in [0.1, 0.15) is 11.1 Å². The molecule has 4 heterocycles. The number of hydrogen-bond acceptors (Lipinski definition) is 4. The molecule has 0 bridgehead atoms. The molecule has 0 saturated heterocycles. The third kappa shape index (κ3) is 3.69. The molecule has 0 aliphatic carbocycles. The Morgan fingerprint density at radius 3 is 1.45 bits per heavy atom. The van der Waals surface area contributed by atoms with E-state index in [0.29, 0.717) is 0 Å². The molecule has 8 rings (SSSR count). The van der Waals surface area contributed by atoms with E-state index in [1.807, 2.05) is 36.9 Å². The van der Waals surface area contributed by atoms with Crippen LogP contribution in [0, 0.1) is 13.8 Å². The number of hydrogen-bond donors (Lipinski definition) is 0. The van der Waals surface area contributed by atoms with Crippen LogP contribution in [0.25, 0.3) is 77.0 Å². The summed E-state index contributed by atoms with van der Waals surface area (Å²) < 4.78 is 0. The molecule has 0 fully saturated rings. The van der Waals surface area contributed by atoms with E-state index >= 15 is 0 Å². The Labute approximate surface area is 243 Å². The zero-order valence-electron chi connectivity index (χ0n) is 23.3. The highest BCUT2D eigenvalue weighted by Crippen LogP contribution is 2.44. The predicted octanol–water partition coefficient (Wildman–Crippen LogP) is 9.50. The van der Waals surface area contributed by atoms with Gasteiger partial charge in [0.1, 0.15) is 0 Å². The first kappa shape index (κ1) is 24.3. The molecule has 0 atom stereocenters. The van der Waals surface area contributed by atoms with Crippen LogP contribution in [0.15, 0.2) is 122 Å².